The Morgan fingerprint density at radius 1 is 1.30 bits per heavy atom. The van der Waals surface area contributed by atoms with Gasteiger partial charge in [-0.05, 0) is 25.7 Å². The van der Waals surface area contributed by atoms with Crippen LogP contribution in [-0.4, -0.2) is 5.92 Å². The highest BCUT2D eigenvalue weighted by Crippen LogP contribution is 2.40. The lowest BCUT2D eigenvalue weighted by molar-refractivity contribution is -0.0379. The molecule has 1 saturated carbocycles. The summed E-state index contributed by atoms with van der Waals surface area (Å²) in [6.07, 6.45) is 2.41. The van der Waals surface area contributed by atoms with Crippen molar-refractivity contribution in [2.75, 3.05) is 0 Å². The predicted octanol–water partition coefficient (Wildman–Crippen LogP) is 3.08. The van der Waals surface area contributed by atoms with E-state index >= 15 is 0 Å². The molecule has 0 aliphatic heterocycles. The first-order chi connectivity index (χ1) is 4.50. The summed E-state index contributed by atoms with van der Waals surface area (Å²) in [5, 5.41) is 0. The van der Waals surface area contributed by atoms with Crippen LogP contribution in [0, 0.1) is 11.8 Å². The van der Waals surface area contributed by atoms with E-state index in [-0.39, 0.29) is 5.92 Å². The normalized spacial score (nSPS) is 34.8. The molecule has 0 aromatic heterocycles. The van der Waals surface area contributed by atoms with Crippen molar-refractivity contribution in [2.24, 2.45) is 11.8 Å². The molecule has 10 heavy (non-hydrogen) atoms. The zero-order chi connectivity index (χ0) is 7.78. The van der Waals surface area contributed by atoms with Crippen molar-refractivity contribution in [3.63, 3.8) is 0 Å². The van der Waals surface area contributed by atoms with Gasteiger partial charge in [-0.25, -0.2) is 8.78 Å². The van der Waals surface area contributed by atoms with Crippen molar-refractivity contribution < 1.29 is 8.78 Å². The number of hydrogen-bond acceptors (Lipinski definition) is 0. The number of alkyl halides is 2. The summed E-state index contributed by atoms with van der Waals surface area (Å²) in [7, 11) is 0. The maximum atomic E-state index is 12.6. The van der Waals surface area contributed by atoms with E-state index in [4.69, 9.17) is 0 Å². The molecule has 0 aromatic carbocycles. The maximum Gasteiger partial charge on any atom is 0.248 e. The van der Waals surface area contributed by atoms with Gasteiger partial charge in [-0.15, -0.1) is 0 Å². The van der Waals surface area contributed by atoms with Crippen molar-refractivity contribution in [3.8, 4) is 0 Å². The van der Waals surface area contributed by atoms with Crippen LogP contribution in [0.5, 0.6) is 0 Å². The van der Waals surface area contributed by atoms with Gasteiger partial charge in [-0.2, -0.15) is 0 Å². The summed E-state index contributed by atoms with van der Waals surface area (Å²) < 4.78 is 25.2. The predicted molar refractivity (Wildman–Crippen MR) is 37.1 cm³/mol. The fourth-order valence-electron chi connectivity index (χ4n) is 1.67. The zero-order valence-electron chi connectivity index (χ0n) is 6.53. The van der Waals surface area contributed by atoms with Crippen molar-refractivity contribution in [2.45, 2.75) is 39.0 Å². The Labute approximate surface area is 60.6 Å². The monoisotopic (exact) mass is 148 g/mol. The fourth-order valence-corrected chi connectivity index (χ4v) is 1.67. The standard InChI is InChI=1S/C8H14F2/c1-6-3-4-7(5-6)8(2,9)10/h6-7H,3-5H2,1-2H3. The molecule has 2 heteroatoms. The minimum Gasteiger partial charge on any atom is -0.207 e. The van der Waals surface area contributed by atoms with Gasteiger partial charge in [-0.1, -0.05) is 13.3 Å². The van der Waals surface area contributed by atoms with Gasteiger partial charge in [0.2, 0.25) is 5.92 Å². The molecular weight excluding hydrogens is 134 g/mol. The second kappa shape index (κ2) is 2.48. The Kier molecular flexibility index (Phi) is 1.97. The molecule has 0 saturated heterocycles. The third-order valence-corrected chi connectivity index (χ3v) is 2.41. The summed E-state index contributed by atoms with van der Waals surface area (Å²) in [5.41, 5.74) is 0. The van der Waals surface area contributed by atoms with E-state index in [0.717, 1.165) is 13.3 Å². The molecule has 0 nitrogen and oxygen atoms in total. The summed E-state index contributed by atoms with van der Waals surface area (Å²) in [5.74, 6) is -2.27. The fraction of sp³-hybridized carbons (Fsp3) is 1.00. The summed E-state index contributed by atoms with van der Waals surface area (Å²) in [4.78, 5) is 0. The highest BCUT2D eigenvalue weighted by atomic mass is 19.3. The summed E-state index contributed by atoms with van der Waals surface area (Å²) in [6.45, 7) is 3.08. The molecule has 1 aliphatic carbocycles. The molecule has 1 rings (SSSR count). The molecule has 1 aliphatic rings. The number of halogens is 2. The van der Waals surface area contributed by atoms with E-state index in [9.17, 15) is 8.78 Å². The Bertz CT molecular complexity index is 115. The second-order valence-electron chi connectivity index (χ2n) is 3.57. The zero-order valence-corrected chi connectivity index (χ0v) is 6.53. The third-order valence-electron chi connectivity index (χ3n) is 2.41. The molecule has 0 spiro atoms. The average Bonchev–Trinajstić information content (AvgIpc) is 2.11. The average molecular weight is 148 g/mol. The van der Waals surface area contributed by atoms with Crippen LogP contribution in [0.1, 0.15) is 33.1 Å². The van der Waals surface area contributed by atoms with Gasteiger partial charge in [0.1, 0.15) is 0 Å². The van der Waals surface area contributed by atoms with Crippen LogP contribution < -0.4 is 0 Å². The van der Waals surface area contributed by atoms with E-state index in [0.29, 0.717) is 18.8 Å². The quantitative estimate of drug-likeness (QED) is 0.536. The largest absolute Gasteiger partial charge is 0.248 e. The Morgan fingerprint density at radius 3 is 2.10 bits per heavy atom. The second-order valence-corrected chi connectivity index (χ2v) is 3.57. The van der Waals surface area contributed by atoms with E-state index < -0.39 is 5.92 Å². The molecule has 1 fully saturated rings. The first-order valence-corrected chi connectivity index (χ1v) is 3.88. The lowest BCUT2D eigenvalue weighted by atomic mass is 10.0. The van der Waals surface area contributed by atoms with Crippen molar-refractivity contribution in [3.05, 3.63) is 0 Å². The van der Waals surface area contributed by atoms with Gasteiger partial charge >= 0.3 is 0 Å². The Balaban J connectivity index is 2.45. The summed E-state index contributed by atoms with van der Waals surface area (Å²) >= 11 is 0. The van der Waals surface area contributed by atoms with Gasteiger partial charge < -0.3 is 0 Å². The summed E-state index contributed by atoms with van der Waals surface area (Å²) in [6, 6.07) is 0. The van der Waals surface area contributed by atoms with Crippen LogP contribution in [0.4, 0.5) is 8.78 Å². The van der Waals surface area contributed by atoms with E-state index in [1.165, 1.54) is 0 Å². The highest BCUT2D eigenvalue weighted by molar-refractivity contribution is 4.80. The van der Waals surface area contributed by atoms with Crippen molar-refractivity contribution >= 4 is 0 Å². The molecule has 2 atom stereocenters. The van der Waals surface area contributed by atoms with Crippen LogP contribution in [0.3, 0.4) is 0 Å². The Morgan fingerprint density at radius 2 is 1.90 bits per heavy atom. The first kappa shape index (κ1) is 7.96. The molecular formula is C8H14F2. The molecule has 0 heterocycles. The maximum absolute atomic E-state index is 12.6. The molecule has 2 unspecified atom stereocenters. The third kappa shape index (κ3) is 1.68. The number of hydrogen-bond donors (Lipinski definition) is 0. The smallest absolute Gasteiger partial charge is 0.207 e. The van der Waals surface area contributed by atoms with Gasteiger partial charge in [0.15, 0.2) is 0 Å². The van der Waals surface area contributed by atoms with E-state index in [1.54, 1.807) is 0 Å². The van der Waals surface area contributed by atoms with Gasteiger partial charge in [-0.3, -0.25) is 0 Å². The lowest BCUT2D eigenvalue weighted by Gasteiger charge is -2.17. The molecule has 0 bridgehead atoms. The highest BCUT2D eigenvalue weighted by Gasteiger charge is 2.38. The SMILES string of the molecule is CC1CCC(C(C)(F)F)C1. The van der Waals surface area contributed by atoms with Crippen molar-refractivity contribution in [1.29, 1.82) is 0 Å². The van der Waals surface area contributed by atoms with Crippen LogP contribution in [0.2, 0.25) is 0 Å². The molecule has 0 aromatic rings. The first-order valence-electron chi connectivity index (χ1n) is 3.88. The van der Waals surface area contributed by atoms with Crippen LogP contribution >= 0.6 is 0 Å². The minimum absolute atomic E-state index is 0.345. The van der Waals surface area contributed by atoms with Gasteiger partial charge in [0.25, 0.3) is 0 Å². The van der Waals surface area contributed by atoms with Crippen LogP contribution in [-0.2, 0) is 0 Å². The van der Waals surface area contributed by atoms with E-state index in [1.807, 2.05) is 6.92 Å². The Hall–Kier alpha value is -0.140. The minimum atomic E-state index is -2.44. The number of rotatable bonds is 1. The lowest BCUT2D eigenvalue weighted by Crippen LogP contribution is -2.21. The molecule has 0 N–H and O–H groups in total. The van der Waals surface area contributed by atoms with Gasteiger partial charge in [0, 0.05) is 5.92 Å². The van der Waals surface area contributed by atoms with Crippen molar-refractivity contribution in [1.82, 2.24) is 0 Å². The molecule has 0 radical (unpaired) electrons. The topological polar surface area (TPSA) is 0 Å². The molecule has 60 valence electrons. The van der Waals surface area contributed by atoms with Crippen LogP contribution in [0.25, 0.3) is 0 Å². The van der Waals surface area contributed by atoms with E-state index in [2.05, 4.69) is 0 Å². The van der Waals surface area contributed by atoms with Crippen LogP contribution in [0.15, 0.2) is 0 Å². The van der Waals surface area contributed by atoms with Gasteiger partial charge in [0.05, 0.1) is 0 Å². The molecule has 0 amide bonds.